The van der Waals surface area contributed by atoms with Gasteiger partial charge in [-0.05, 0) is 23.1 Å². The van der Waals surface area contributed by atoms with Gasteiger partial charge in [0.15, 0.2) is 0 Å². The Hall–Kier alpha value is -2.03. The molecule has 1 aliphatic carbocycles. The van der Waals surface area contributed by atoms with Crippen molar-refractivity contribution in [2.45, 2.75) is 19.8 Å². The molecule has 0 saturated heterocycles. The lowest BCUT2D eigenvalue weighted by atomic mass is 9.89. The topological polar surface area (TPSA) is 35.5 Å². The van der Waals surface area contributed by atoms with Gasteiger partial charge in [0, 0.05) is 5.92 Å². The van der Waals surface area contributed by atoms with Crippen molar-refractivity contribution in [3.63, 3.8) is 0 Å². The van der Waals surface area contributed by atoms with E-state index >= 15 is 0 Å². The summed E-state index contributed by atoms with van der Waals surface area (Å²) in [4.78, 5) is 11.5. The Bertz CT molecular complexity index is 514. The Kier molecular flexibility index (Phi) is 4.05. The molecule has 1 atom stereocenters. The van der Waals surface area contributed by atoms with Gasteiger partial charge in [0.1, 0.15) is 12.4 Å². The van der Waals surface area contributed by atoms with Gasteiger partial charge >= 0.3 is 6.16 Å². The van der Waals surface area contributed by atoms with Crippen molar-refractivity contribution in [2.75, 3.05) is 6.61 Å². The molecule has 0 saturated carbocycles. The van der Waals surface area contributed by atoms with Gasteiger partial charge in [-0.2, -0.15) is 0 Å². The molecule has 3 nitrogen and oxygen atoms in total. The fourth-order valence-electron chi connectivity index (χ4n) is 2.36. The molecule has 1 aromatic rings. The van der Waals surface area contributed by atoms with Crippen LogP contribution in [-0.2, 0) is 9.47 Å². The van der Waals surface area contributed by atoms with Crippen LogP contribution in [0.2, 0.25) is 0 Å². The first-order chi connectivity index (χ1) is 9.13. The fourth-order valence-corrected chi connectivity index (χ4v) is 2.36. The van der Waals surface area contributed by atoms with Crippen LogP contribution in [0, 0.1) is 5.92 Å². The Morgan fingerprint density at radius 3 is 2.84 bits per heavy atom. The summed E-state index contributed by atoms with van der Waals surface area (Å²) in [5.41, 5.74) is 2.30. The summed E-state index contributed by atoms with van der Waals surface area (Å²) in [7, 11) is 0. The van der Waals surface area contributed by atoms with Crippen LogP contribution < -0.4 is 0 Å². The zero-order valence-electron chi connectivity index (χ0n) is 11.3. The Labute approximate surface area is 113 Å². The van der Waals surface area contributed by atoms with Crippen LogP contribution in [-0.4, -0.2) is 12.8 Å². The summed E-state index contributed by atoms with van der Waals surface area (Å²) in [6.45, 7) is 7.87. The van der Waals surface area contributed by atoms with E-state index in [-0.39, 0.29) is 12.5 Å². The summed E-state index contributed by atoms with van der Waals surface area (Å²) >= 11 is 0. The molecule has 3 heteroatoms. The summed E-state index contributed by atoms with van der Waals surface area (Å²) in [5, 5.41) is 0. The second kappa shape index (κ2) is 5.74. The largest absolute Gasteiger partial charge is 0.513 e. The third kappa shape index (κ3) is 2.87. The number of hydrogen-bond donors (Lipinski definition) is 0. The molecular weight excluding hydrogens is 240 g/mol. The summed E-state index contributed by atoms with van der Waals surface area (Å²) in [6.07, 6.45) is 2.75. The van der Waals surface area contributed by atoms with Crippen LogP contribution in [0.3, 0.4) is 0 Å². The van der Waals surface area contributed by atoms with Crippen molar-refractivity contribution in [3.05, 3.63) is 53.8 Å². The number of fused-ring (bicyclic) bond motifs is 1. The molecule has 0 aliphatic heterocycles. The predicted molar refractivity (Wildman–Crippen MR) is 74.6 cm³/mol. The zero-order chi connectivity index (χ0) is 13.8. The summed E-state index contributed by atoms with van der Waals surface area (Å²) in [5.74, 6) is 1.11. The van der Waals surface area contributed by atoms with Crippen LogP contribution in [0.5, 0.6) is 0 Å². The molecule has 1 aromatic carbocycles. The maximum Gasteiger partial charge on any atom is 0.513 e. The molecule has 0 aromatic heterocycles. The smallest absolute Gasteiger partial charge is 0.430 e. The molecule has 0 bridgehead atoms. The molecular formula is C16H18O3. The normalized spacial score (nSPS) is 16.8. The van der Waals surface area contributed by atoms with Gasteiger partial charge in [-0.3, -0.25) is 0 Å². The highest BCUT2D eigenvalue weighted by molar-refractivity contribution is 5.70. The molecule has 19 heavy (non-hydrogen) atoms. The van der Waals surface area contributed by atoms with Crippen molar-refractivity contribution in [2.24, 2.45) is 5.92 Å². The quantitative estimate of drug-likeness (QED) is 0.602. The maximum atomic E-state index is 11.5. The molecule has 1 aliphatic rings. The Morgan fingerprint density at radius 2 is 2.16 bits per heavy atom. The highest BCUT2D eigenvalue weighted by atomic mass is 16.7. The van der Waals surface area contributed by atoms with E-state index in [1.807, 2.05) is 24.3 Å². The van der Waals surface area contributed by atoms with E-state index in [1.165, 1.54) is 11.6 Å². The van der Waals surface area contributed by atoms with E-state index in [2.05, 4.69) is 26.5 Å². The van der Waals surface area contributed by atoms with Crippen LogP contribution in [0.15, 0.2) is 42.7 Å². The second-order valence-corrected chi connectivity index (χ2v) is 4.85. The highest BCUT2D eigenvalue weighted by Crippen LogP contribution is 2.41. The van der Waals surface area contributed by atoms with E-state index in [9.17, 15) is 4.79 Å². The molecule has 100 valence electrons. The average Bonchev–Trinajstić information content (AvgIpc) is 2.74. The predicted octanol–water partition coefficient (Wildman–Crippen LogP) is 4.12. The Balaban J connectivity index is 2.17. The number of carbonyl (C=O) groups is 1. The fraction of sp³-hybridized carbons (Fsp3) is 0.312. The van der Waals surface area contributed by atoms with Gasteiger partial charge in [0.25, 0.3) is 0 Å². The first kappa shape index (κ1) is 13.4. The first-order valence-corrected chi connectivity index (χ1v) is 6.39. The molecule has 0 fully saturated rings. The van der Waals surface area contributed by atoms with Gasteiger partial charge in [-0.15, -0.1) is 0 Å². The average molecular weight is 258 g/mol. The molecule has 1 unspecified atom stereocenters. The van der Waals surface area contributed by atoms with E-state index in [4.69, 9.17) is 9.47 Å². The molecule has 0 spiro atoms. The lowest BCUT2D eigenvalue weighted by Gasteiger charge is -2.19. The third-order valence-electron chi connectivity index (χ3n) is 3.12. The van der Waals surface area contributed by atoms with E-state index in [0.29, 0.717) is 11.7 Å². The van der Waals surface area contributed by atoms with Crippen LogP contribution in [0.1, 0.15) is 30.9 Å². The van der Waals surface area contributed by atoms with E-state index in [1.54, 1.807) is 0 Å². The molecule has 0 amide bonds. The van der Waals surface area contributed by atoms with Crippen LogP contribution >= 0.6 is 0 Å². The number of hydrogen-bond acceptors (Lipinski definition) is 3. The third-order valence-corrected chi connectivity index (χ3v) is 3.12. The minimum atomic E-state index is -0.676. The van der Waals surface area contributed by atoms with E-state index in [0.717, 1.165) is 5.56 Å². The second-order valence-electron chi connectivity index (χ2n) is 4.85. The molecule has 0 heterocycles. The van der Waals surface area contributed by atoms with Gasteiger partial charge in [-0.1, -0.05) is 50.8 Å². The number of allylic oxidation sites excluding steroid dienone is 1. The van der Waals surface area contributed by atoms with Crippen molar-refractivity contribution in [3.8, 4) is 0 Å². The van der Waals surface area contributed by atoms with E-state index < -0.39 is 6.16 Å². The molecule has 0 radical (unpaired) electrons. The molecule has 2 rings (SSSR count). The Morgan fingerprint density at radius 1 is 1.42 bits per heavy atom. The summed E-state index contributed by atoms with van der Waals surface area (Å²) < 4.78 is 10.2. The maximum absolute atomic E-state index is 11.5. The summed E-state index contributed by atoms with van der Waals surface area (Å²) in [6, 6.07) is 8.07. The van der Waals surface area contributed by atoms with Gasteiger partial charge < -0.3 is 9.47 Å². The SMILES string of the molecule is C=CCOC(=O)OC1=Cc2ccccc2C1C(C)C. The standard InChI is InChI=1S/C16H18O3/c1-4-9-18-16(17)19-14-10-12-7-5-6-8-13(12)15(14)11(2)3/h4-8,10-11,15H,1,9H2,2-3H3. The number of benzene rings is 1. The lowest BCUT2D eigenvalue weighted by Crippen LogP contribution is -2.13. The van der Waals surface area contributed by atoms with Crippen molar-refractivity contribution < 1.29 is 14.3 Å². The zero-order valence-corrected chi connectivity index (χ0v) is 11.3. The van der Waals surface area contributed by atoms with Crippen molar-refractivity contribution in [1.82, 2.24) is 0 Å². The van der Waals surface area contributed by atoms with Gasteiger partial charge in [0.2, 0.25) is 0 Å². The molecule has 0 N–H and O–H groups in total. The lowest BCUT2D eigenvalue weighted by molar-refractivity contribution is 0.0818. The highest BCUT2D eigenvalue weighted by Gasteiger charge is 2.30. The first-order valence-electron chi connectivity index (χ1n) is 6.39. The van der Waals surface area contributed by atoms with Crippen molar-refractivity contribution in [1.29, 1.82) is 0 Å². The number of rotatable bonds is 4. The van der Waals surface area contributed by atoms with Crippen LogP contribution in [0.4, 0.5) is 4.79 Å². The number of carbonyl (C=O) groups excluding carboxylic acids is 1. The monoisotopic (exact) mass is 258 g/mol. The number of ether oxygens (including phenoxy) is 2. The minimum Gasteiger partial charge on any atom is -0.430 e. The van der Waals surface area contributed by atoms with Crippen LogP contribution in [0.25, 0.3) is 6.08 Å². The van der Waals surface area contributed by atoms with Gasteiger partial charge in [-0.25, -0.2) is 4.79 Å². The minimum absolute atomic E-state index is 0.104. The van der Waals surface area contributed by atoms with Gasteiger partial charge in [0.05, 0.1) is 0 Å². The van der Waals surface area contributed by atoms with Crippen molar-refractivity contribution >= 4 is 12.2 Å².